The van der Waals surface area contributed by atoms with Crippen LogP contribution in [0.4, 0.5) is 4.79 Å². The van der Waals surface area contributed by atoms with Gasteiger partial charge in [-0.05, 0) is 33.6 Å². The van der Waals surface area contributed by atoms with Crippen LogP contribution in [-0.2, 0) is 0 Å². The maximum absolute atomic E-state index is 12.1. The molecule has 7 nitrogen and oxygen atoms in total. The van der Waals surface area contributed by atoms with Crippen LogP contribution in [0.25, 0.3) is 0 Å². The lowest BCUT2D eigenvalue weighted by atomic mass is 9.89. The molecule has 1 saturated carbocycles. The molecule has 1 aliphatic carbocycles. The van der Waals surface area contributed by atoms with Crippen molar-refractivity contribution in [2.45, 2.75) is 70.4 Å². The highest BCUT2D eigenvalue weighted by Crippen LogP contribution is 2.31. The lowest BCUT2D eigenvalue weighted by molar-refractivity contribution is 0.0527. The van der Waals surface area contributed by atoms with Crippen LogP contribution < -0.4 is 5.32 Å². The fourth-order valence-electron chi connectivity index (χ4n) is 2.96. The molecule has 0 aromatic carbocycles. The highest BCUT2D eigenvalue weighted by molar-refractivity contribution is 5.74. The fourth-order valence-corrected chi connectivity index (χ4v) is 2.96. The quantitative estimate of drug-likeness (QED) is 0.868. The molecule has 1 aliphatic rings. The summed E-state index contributed by atoms with van der Waals surface area (Å²) >= 11 is 0. The number of aliphatic hydroxyl groups is 1. The molecule has 23 heavy (non-hydrogen) atoms. The molecule has 2 amide bonds. The minimum atomic E-state index is -0.937. The van der Waals surface area contributed by atoms with E-state index in [1.54, 1.807) is 20.9 Å². The van der Waals surface area contributed by atoms with Crippen LogP contribution in [0.1, 0.15) is 76.6 Å². The zero-order valence-corrected chi connectivity index (χ0v) is 14.5. The molecule has 0 aliphatic heterocycles. The monoisotopic (exact) mass is 324 g/mol. The van der Waals surface area contributed by atoms with E-state index in [1.807, 2.05) is 6.92 Å². The number of hydrogen-bond donors (Lipinski definition) is 2. The molecule has 1 unspecified atom stereocenters. The number of rotatable bonds is 5. The number of nitrogens with zero attached hydrogens (tertiary/aromatic N) is 3. The van der Waals surface area contributed by atoms with Gasteiger partial charge in [-0.3, -0.25) is 0 Å². The van der Waals surface area contributed by atoms with Gasteiger partial charge in [0.25, 0.3) is 0 Å². The van der Waals surface area contributed by atoms with E-state index in [2.05, 4.69) is 15.5 Å². The van der Waals surface area contributed by atoms with Gasteiger partial charge in [-0.25, -0.2) is 4.79 Å². The van der Waals surface area contributed by atoms with E-state index in [1.165, 1.54) is 24.2 Å². The Bertz CT molecular complexity index is 518. The number of likely N-dealkylation sites (N-methyl/N-ethyl adjacent to an activating group) is 1. The van der Waals surface area contributed by atoms with Crippen LogP contribution in [0.2, 0.25) is 0 Å². The van der Waals surface area contributed by atoms with Gasteiger partial charge >= 0.3 is 6.03 Å². The van der Waals surface area contributed by atoms with Crippen LogP contribution in [0, 0.1) is 0 Å². The van der Waals surface area contributed by atoms with Crippen LogP contribution in [0.5, 0.6) is 0 Å². The van der Waals surface area contributed by atoms with E-state index in [-0.39, 0.29) is 18.6 Å². The number of carbonyl (C=O) groups is 1. The maximum Gasteiger partial charge on any atom is 0.317 e. The van der Waals surface area contributed by atoms with Gasteiger partial charge in [0.05, 0.1) is 12.1 Å². The van der Waals surface area contributed by atoms with Gasteiger partial charge in [0.2, 0.25) is 5.89 Å². The molecule has 1 atom stereocenters. The van der Waals surface area contributed by atoms with Crippen molar-refractivity contribution < 1.29 is 14.4 Å². The minimum absolute atomic E-state index is 0.239. The summed E-state index contributed by atoms with van der Waals surface area (Å²) in [7, 11) is 1.64. The standard InChI is InChI=1S/C16H28N4O3/c1-11(17-15(21)20(4)10-16(2,3)22)14-18-13(19-23-14)12-8-6-5-7-9-12/h11-12,22H,5-10H2,1-4H3,(H,17,21). The molecule has 0 saturated heterocycles. The number of hydrogen-bond acceptors (Lipinski definition) is 5. The van der Waals surface area contributed by atoms with Crippen molar-refractivity contribution in [2.75, 3.05) is 13.6 Å². The number of amides is 2. The van der Waals surface area contributed by atoms with Gasteiger partial charge in [-0.2, -0.15) is 4.98 Å². The largest absolute Gasteiger partial charge is 0.389 e. The van der Waals surface area contributed by atoms with E-state index in [9.17, 15) is 9.90 Å². The van der Waals surface area contributed by atoms with E-state index in [4.69, 9.17) is 4.52 Å². The number of aromatic nitrogens is 2. The Hall–Kier alpha value is -1.63. The third kappa shape index (κ3) is 5.20. The van der Waals surface area contributed by atoms with Crippen molar-refractivity contribution in [3.05, 3.63) is 11.7 Å². The molecular formula is C16H28N4O3. The molecule has 130 valence electrons. The molecule has 2 rings (SSSR count). The second kappa shape index (κ2) is 7.29. The Labute approximate surface area is 137 Å². The van der Waals surface area contributed by atoms with Gasteiger partial charge in [0.15, 0.2) is 5.82 Å². The number of nitrogens with one attached hydrogen (secondary N) is 1. The van der Waals surface area contributed by atoms with Crippen molar-refractivity contribution >= 4 is 6.03 Å². The Balaban J connectivity index is 1.91. The summed E-state index contributed by atoms with van der Waals surface area (Å²) in [5.41, 5.74) is -0.937. The first-order valence-electron chi connectivity index (χ1n) is 8.34. The summed E-state index contributed by atoms with van der Waals surface area (Å²) in [6.45, 7) is 5.38. The molecule has 1 aromatic rings. The van der Waals surface area contributed by atoms with Gasteiger partial charge in [-0.1, -0.05) is 24.4 Å². The Morgan fingerprint density at radius 3 is 2.70 bits per heavy atom. The van der Waals surface area contributed by atoms with Crippen LogP contribution >= 0.6 is 0 Å². The van der Waals surface area contributed by atoms with Crippen LogP contribution in [0.15, 0.2) is 4.52 Å². The van der Waals surface area contributed by atoms with Crippen LogP contribution in [0.3, 0.4) is 0 Å². The predicted octanol–water partition coefficient (Wildman–Crippen LogP) is 2.59. The molecule has 1 fully saturated rings. The van der Waals surface area contributed by atoms with E-state index in [0.717, 1.165) is 18.7 Å². The lowest BCUT2D eigenvalue weighted by Gasteiger charge is -2.26. The maximum atomic E-state index is 12.1. The highest BCUT2D eigenvalue weighted by atomic mass is 16.5. The van der Waals surface area contributed by atoms with Gasteiger partial charge in [0.1, 0.15) is 6.04 Å². The van der Waals surface area contributed by atoms with Gasteiger partial charge < -0.3 is 19.8 Å². The summed E-state index contributed by atoms with van der Waals surface area (Å²) in [5, 5.41) is 16.7. The SMILES string of the molecule is CC(NC(=O)N(C)CC(C)(C)O)c1nc(C2CCCCC2)no1. The average molecular weight is 324 g/mol. The first kappa shape index (κ1) is 17.7. The zero-order valence-electron chi connectivity index (χ0n) is 14.5. The smallest absolute Gasteiger partial charge is 0.317 e. The van der Waals surface area contributed by atoms with E-state index < -0.39 is 5.60 Å². The summed E-state index contributed by atoms with van der Waals surface area (Å²) in [6, 6.07) is -0.645. The molecule has 0 spiro atoms. The first-order chi connectivity index (χ1) is 10.8. The number of carbonyl (C=O) groups excluding carboxylic acids is 1. The molecule has 1 heterocycles. The summed E-state index contributed by atoms with van der Waals surface area (Å²) in [5.74, 6) is 1.56. The third-order valence-corrected chi connectivity index (χ3v) is 4.11. The lowest BCUT2D eigenvalue weighted by Crippen LogP contribution is -2.45. The second-order valence-corrected chi connectivity index (χ2v) is 7.17. The predicted molar refractivity (Wildman–Crippen MR) is 86.0 cm³/mol. The highest BCUT2D eigenvalue weighted by Gasteiger charge is 2.25. The Morgan fingerprint density at radius 2 is 2.09 bits per heavy atom. The summed E-state index contributed by atoms with van der Waals surface area (Å²) < 4.78 is 5.32. The van der Waals surface area contributed by atoms with Crippen molar-refractivity contribution in [3.63, 3.8) is 0 Å². The Morgan fingerprint density at radius 1 is 1.43 bits per heavy atom. The van der Waals surface area contributed by atoms with Gasteiger partial charge in [0, 0.05) is 13.0 Å². The fraction of sp³-hybridized carbons (Fsp3) is 0.812. The summed E-state index contributed by atoms with van der Waals surface area (Å²) in [4.78, 5) is 18.0. The molecule has 2 N–H and O–H groups in total. The van der Waals surface area contributed by atoms with E-state index in [0.29, 0.717) is 11.8 Å². The normalized spacial score (nSPS) is 17.8. The van der Waals surface area contributed by atoms with Crippen molar-refractivity contribution in [1.82, 2.24) is 20.4 Å². The van der Waals surface area contributed by atoms with Crippen LogP contribution in [-0.4, -0.2) is 45.4 Å². The number of urea groups is 1. The van der Waals surface area contributed by atoms with Gasteiger partial charge in [-0.15, -0.1) is 0 Å². The van der Waals surface area contributed by atoms with Crippen molar-refractivity contribution in [2.24, 2.45) is 0 Å². The molecule has 7 heteroatoms. The van der Waals surface area contributed by atoms with Crippen molar-refractivity contribution in [3.8, 4) is 0 Å². The molecule has 1 aromatic heterocycles. The molecular weight excluding hydrogens is 296 g/mol. The average Bonchev–Trinajstić information content (AvgIpc) is 2.96. The zero-order chi connectivity index (χ0) is 17.0. The van der Waals surface area contributed by atoms with Crippen molar-refractivity contribution in [1.29, 1.82) is 0 Å². The van der Waals surface area contributed by atoms with E-state index >= 15 is 0 Å². The summed E-state index contributed by atoms with van der Waals surface area (Å²) in [6.07, 6.45) is 5.91. The third-order valence-electron chi connectivity index (χ3n) is 4.11. The molecule has 0 radical (unpaired) electrons. The molecule has 0 bridgehead atoms. The Kier molecular flexibility index (Phi) is 5.62. The second-order valence-electron chi connectivity index (χ2n) is 7.17. The first-order valence-corrected chi connectivity index (χ1v) is 8.34. The topological polar surface area (TPSA) is 91.5 Å². The minimum Gasteiger partial charge on any atom is -0.389 e.